The van der Waals surface area contributed by atoms with E-state index >= 15 is 0 Å². The zero-order valence-corrected chi connectivity index (χ0v) is 11.7. The number of hydrogen-bond donors (Lipinski definition) is 3. The van der Waals surface area contributed by atoms with Gasteiger partial charge in [-0.2, -0.15) is 0 Å². The van der Waals surface area contributed by atoms with E-state index in [1.165, 1.54) is 0 Å². The molecular formula is C12H25N3O2. The second-order valence-corrected chi connectivity index (χ2v) is 5.24. The molecule has 0 fully saturated rings. The van der Waals surface area contributed by atoms with Crippen molar-refractivity contribution < 1.29 is 9.59 Å². The van der Waals surface area contributed by atoms with Crippen LogP contribution in [0.25, 0.3) is 0 Å². The Kier molecular flexibility index (Phi) is 6.16. The second kappa shape index (κ2) is 6.59. The Bertz CT molecular complexity index is 271. The second-order valence-electron chi connectivity index (χ2n) is 5.24. The lowest BCUT2D eigenvalue weighted by molar-refractivity contribution is -0.125. The van der Waals surface area contributed by atoms with Crippen molar-refractivity contribution in [3.8, 4) is 0 Å². The molecule has 0 bridgehead atoms. The molecule has 0 aromatic carbocycles. The van der Waals surface area contributed by atoms with Crippen LogP contribution >= 0.6 is 0 Å². The van der Waals surface area contributed by atoms with E-state index in [1.807, 2.05) is 27.7 Å². The molecule has 0 saturated heterocycles. The van der Waals surface area contributed by atoms with Crippen molar-refractivity contribution in [1.82, 2.24) is 16.0 Å². The monoisotopic (exact) mass is 243 g/mol. The van der Waals surface area contributed by atoms with Crippen molar-refractivity contribution >= 4 is 11.8 Å². The molecule has 0 radical (unpaired) electrons. The van der Waals surface area contributed by atoms with E-state index in [0.29, 0.717) is 6.54 Å². The first-order valence-electron chi connectivity index (χ1n) is 6.03. The number of hydrogen-bond acceptors (Lipinski definition) is 3. The zero-order valence-electron chi connectivity index (χ0n) is 11.7. The third-order valence-corrected chi connectivity index (χ3v) is 2.14. The lowest BCUT2D eigenvalue weighted by atomic mass is 10.1. The fourth-order valence-electron chi connectivity index (χ4n) is 1.33. The predicted octanol–water partition coefficient (Wildman–Crippen LogP) is 0.404. The third kappa shape index (κ3) is 6.94. The highest BCUT2D eigenvalue weighted by Gasteiger charge is 2.22. The topological polar surface area (TPSA) is 70.2 Å². The average Bonchev–Trinajstić information content (AvgIpc) is 2.15. The lowest BCUT2D eigenvalue weighted by Gasteiger charge is -2.25. The summed E-state index contributed by atoms with van der Waals surface area (Å²) in [5.41, 5.74) is -0.262. The molecule has 5 heteroatoms. The van der Waals surface area contributed by atoms with Crippen molar-refractivity contribution in [3.63, 3.8) is 0 Å². The summed E-state index contributed by atoms with van der Waals surface area (Å²) in [5.74, 6) is -0.198. The van der Waals surface area contributed by atoms with E-state index in [-0.39, 0.29) is 23.4 Å². The van der Waals surface area contributed by atoms with Crippen LogP contribution in [-0.4, -0.2) is 36.0 Å². The van der Waals surface area contributed by atoms with Gasteiger partial charge in [-0.25, -0.2) is 0 Å². The van der Waals surface area contributed by atoms with E-state index in [4.69, 9.17) is 0 Å². The Morgan fingerprint density at radius 3 is 1.94 bits per heavy atom. The summed E-state index contributed by atoms with van der Waals surface area (Å²) in [7, 11) is 0. The molecule has 0 aromatic rings. The van der Waals surface area contributed by atoms with Crippen LogP contribution in [0.15, 0.2) is 0 Å². The maximum atomic E-state index is 11.8. The fraction of sp³-hybridized carbons (Fsp3) is 0.833. The minimum atomic E-state index is -0.396. The van der Waals surface area contributed by atoms with Crippen LogP contribution in [0, 0.1) is 0 Å². The summed E-state index contributed by atoms with van der Waals surface area (Å²) < 4.78 is 0. The molecule has 0 saturated carbocycles. The Morgan fingerprint density at radius 1 is 1.06 bits per heavy atom. The van der Waals surface area contributed by atoms with Gasteiger partial charge in [0.25, 0.3) is 0 Å². The molecule has 0 aliphatic rings. The molecule has 2 unspecified atom stereocenters. The predicted molar refractivity (Wildman–Crippen MR) is 68.6 cm³/mol. The first-order valence-corrected chi connectivity index (χ1v) is 6.03. The van der Waals surface area contributed by atoms with E-state index in [0.717, 1.165) is 0 Å². The Morgan fingerprint density at radius 2 is 1.53 bits per heavy atom. The van der Waals surface area contributed by atoms with Gasteiger partial charge in [-0.1, -0.05) is 0 Å². The first kappa shape index (κ1) is 15.9. The normalized spacial score (nSPS) is 14.9. The number of carbonyl (C=O) groups is 2. The molecule has 0 rings (SSSR count). The van der Waals surface area contributed by atoms with Crippen LogP contribution in [0.4, 0.5) is 0 Å². The van der Waals surface area contributed by atoms with E-state index in [1.54, 1.807) is 13.8 Å². The standard InChI is InChI=1S/C12H25N3O2/c1-7-13-10(16)8(2)14-9(3)11(17)15-12(4,5)6/h8-9,14H,7H2,1-6H3,(H,13,16)(H,15,17). The molecule has 2 amide bonds. The van der Waals surface area contributed by atoms with Gasteiger partial charge in [0.05, 0.1) is 12.1 Å². The highest BCUT2D eigenvalue weighted by molar-refractivity contribution is 5.85. The molecule has 100 valence electrons. The van der Waals surface area contributed by atoms with E-state index in [2.05, 4.69) is 16.0 Å². The number of nitrogens with one attached hydrogen (secondary N) is 3. The molecule has 17 heavy (non-hydrogen) atoms. The van der Waals surface area contributed by atoms with Gasteiger partial charge < -0.3 is 10.6 Å². The highest BCUT2D eigenvalue weighted by Crippen LogP contribution is 1.99. The lowest BCUT2D eigenvalue weighted by Crippen LogP contribution is -2.54. The minimum Gasteiger partial charge on any atom is -0.355 e. The maximum Gasteiger partial charge on any atom is 0.237 e. The number of amides is 2. The van der Waals surface area contributed by atoms with E-state index < -0.39 is 6.04 Å². The summed E-state index contributed by atoms with van der Waals surface area (Å²) >= 11 is 0. The average molecular weight is 243 g/mol. The molecule has 0 spiro atoms. The zero-order chi connectivity index (χ0) is 13.6. The number of rotatable bonds is 5. The summed E-state index contributed by atoms with van der Waals surface area (Å²) in [5, 5.41) is 8.53. The van der Waals surface area contributed by atoms with Gasteiger partial charge in [-0.15, -0.1) is 0 Å². The Labute approximate surface area is 104 Å². The molecule has 3 N–H and O–H groups in total. The van der Waals surface area contributed by atoms with Crippen molar-refractivity contribution in [1.29, 1.82) is 0 Å². The van der Waals surface area contributed by atoms with Crippen LogP contribution in [0.1, 0.15) is 41.5 Å². The molecule has 0 aliphatic carbocycles. The molecule has 0 aliphatic heterocycles. The van der Waals surface area contributed by atoms with Crippen LogP contribution in [0.2, 0.25) is 0 Å². The highest BCUT2D eigenvalue weighted by atomic mass is 16.2. The SMILES string of the molecule is CCNC(=O)C(C)NC(C)C(=O)NC(C)(C)C. The molecule has 2 atom stereocenters. The summed E-state index contributed by atoms with van der Waals surface area (Å²) in [6, 6.07) is -0.775. The van der Waals surface area contributed by atoms with Crippen molar-refractivity contribution in [2.45, 2.75) is 59.2 Å². The van der Waals surface area contributed by atoms with Gasteiger partial charge in [-0.3, -0.25) is 14.9 Å². The van der Waals surface area contributed by atoms with Crippen LogP contribution in [0.5, 0.6) is 0 Å². The quantitative estimate of drug-likeness (QED) is 0.655. The number of likely N-dealkylation sites (N-methyl/N-ethyl adjacent to an activating group) is 1. The molecular weight excluding hydrogens is 218 g/mol. The van der Waals surface area contributed by atoms with Crippen LogP contribution in [-0.2, 0) is 9.59 Å². The Balaban J connectivity index is 4.20. The molecule has 0 heterocycles. The maximum absolute atomic E-state index is 11.8. The van der Waals surface area contributed by atoms with Gasteiger partial charge in [0.15, 0.2) is 0 Å². The Hall–Kier alpha value is -1.10. The van der Waals surface area contributed by atoms with Crippen molar-refractivity contribution in [2.24, 2.45) is 0 Å². The van der Waals surface area contributed by atoms with Crippen LogP contribution in [0.3, 0.4) is 0 Å². The van der Waals surface area contributed by atoms with Gasteiger partial charge >= 0.3 is 0 Å². The van der Waals surface area contributed by atoms with Crippen molar-refractivity contribution in [2.75, 3.05) is 6.54 Å². The van der Waals surface area contributed by atoms with Gasteiger partial charge in [-0.05, 0) is 41.5 Å². The largest absolute Gasteiger partial charge is 0.355 e. The smallest absolute Gasteiger partial charge is 0.237 e. The fourth-order valence-corrected chi connectivity index (χ4v) is 1.33. The van der Waals surface area contributed by atoms with Gasteiger partial charge in [0.1, 0.15) is 0 Å². The van der Waals surface area contributed by atoms with Crippen molar-refractivity contribution in [3.05, 3.63) is 0 Å². The summed E-state index contributed by atoms with van der Waals surface area (Å²) in [6.07, 6.45) is 0. The molecule has 5 nitrogen and oxygen atoms in total. The van der Waals surface area contributed by atoms with E-state index in [9.17, 15) is 9.59 Å². The molecule has 0 aromatic heterocycles. The van der Waals surface area contributed by atoms with Gasteiger partial charge in [0, 0.05) is 12.1 Å². The minimum absolute atomic E-state index is 0.0945. The summed E-state index contributed by atoms with van der Waals surface area (Å²) in [6.45, 7) is 11.7. The summed E-state index contributed by atoms with van der Waals surface area (Å²) in [4.78, 5) is 23.3. The third-order valence-electron chi connectivity index (χ3n) is 2.14. The van der Waals surface area contributed by atoms with Crippen LogP contribution < -0.4 is 16.0 Å². The number of carbonyl (C=O) groups excluding carboxylic acids is 2. The van der Waals surface area contributed by atoms with Gasteiger partial charge in [0.2, 0.25) is 11.8 Å². The first-order chi connectivity index (χ1) is 7.67.